The van der Waals surface area contributed by atoms with Gasteiger partial charge >= 0.3 is 11.4 Å². The van der Waals surface area contributed by atoms with Gasteiger partial charge in [0.25, 0.3) is 0 Å². The maximum absolute atomic E-state index is 13.0. The molecule has 0 bridgehead atoms. The van der Waals surface area contributed by atoms with Crippen LogP contribution >= 0.6 is 0 Å². The Balaban J connectivity index is 1.65. The Hall–Kier alpha value is -4.22. The lowest BCUT2D eigenvalue weighted by atomic mass is 10.1. The minimum Gasteiger partial charge on any atom is -0.457 e. The van der Waals surface area contributed by atoms with Crippen molar-refractivity contribution in [2.24, 2.45) is 10.1 Å². The van der Waals surface area contributed by atoms with Gasteiger partial charge in [0.15, 0.2) is 0 Å². The summed E-state index contributed by atoms with van der Waals surface area (Å²) in [6.07, 6.45) is 0. The van der Waals surface area contributed by atoms with Crippen LogP contribution < -0.4 is 26.9 Å². The van der Waals surface area contributed by atoms with Gasteiger partial charge in [-0.25, -0.2) is 32.7 Å². The number of hydrogen-bond acceptors (Lipinski definition) is 6. The van der Waals surface area contributed by atoms with Crippen molar-refractivity contribution >= 4 is 15.7 Å². The number of aryl methyl sites for hydroxylation is 1. The van der Waals surface area contributed by atoms with Gasteiger partial charge in [0.05, 0.1) is 17.1 Å². The molecule has 1 heterocycles. The predicted octanol–water partition coefficient (Wildman–Crippen LogP) is 2.39. The first-order valence-electron chi connectivity index (χ1n) is 11.1. The average Bonchev–Trinajstić information content (AvgIpc) is 2.84. The molecule has 0 aliphatic rings. The van der Waals surface area contributed by atoms with E-state index in [2.05, 4.69) is 9.98 Å². The Morgan fingerprint density at radius 1 is 0.889 bits per heavy atom. The van der Waals surface area contributed by atoms with Crippen LogP contribution in [0.1, 0.15) is 18.1 Å². The van der Waals surface area contributed by atoms with E-state index >= 15 is 0 Å². The quantitative estimate of drug-likeness (QED) is 0.395. The number of nitrogens with zero attached hydrogens (tertiary/aromatic N) is 3. The summed E-state index contributed by atoms with van der Waals surface area (Å²) in [6, 6.07) is 20.2. The molecule has 3 N–H and O–H groups in total. The van der Waals surface area contributed by atoms with E-state index in [4.69, 9.17) is 9.88 Å². The van der Waals surface area contributed by atoms with Crippen LogP contribution in [0.5, 0.6) is 11.5 Å². The first kappa shape index (κ1) is 24.9. The second kappa shape index (κ2) is 10.2. The molecule has 4 aromatic rings. The molecule has 0 atom stereocenters. The molecule has 36 heavy (non-hydrogen) atoms. The van der Waals surface area contributed by atoms with Crippen LogP contribution in [0.3, 0.4) is 0 Å². The molecule has 0 fully saturated rings. The van der Waals surface area contributed by atoms with Gasteiger partial charge in [0.1, 0.15) is 11.5 Å². The lowest BCUT2D eigenvalue weighted by Crippen LogP contribution is -2.49. The standard InChI is InChI=1S/C25H25N5O5S/c1-3-29-24(31)28-23(30(25(29)32)16-18-6-4-17(2)5-7-18)27-19-8-10-20(11-9-19)35-21-12-14-22(15-13-21)36(26,33)34/h4-15H,3,16H2,1-2H3,(H2,26,33,34)(H,27,28,31). The van der Waals surface area contributed by atoms with Crippen LogP contribution in [-0.4, -0.2) is 22.5 Å². The summed E-state index contributed by atoms with van der Waals surface area (Å²) >= 11 is 0. The smallest absolute Gasteiger partial charge is 0.335 e. The number of aromatic nitrogens is 3. The zero-order chi connectivity index (χ0) is 25.9. The van der Waals surface area contributed by atoms with Crippen molar-refractivity contribution in [1.82, 2.24) is 14.1 Å². The molecular weight excluding hydrogens is 482 g/mol. The van der Waals surface area contributed by atoms with E-state index in [-0.39, 0.29) is 23.6 Å². The molecule has 0 radical (unpaired) electrons. The Kier molecular flexibility index (Phi) is 7.04. The van der Waals surface area contributed by atoms with E-state index < -0.39 is 21.4 Å². The normalized spacial score (nSPS) is 12.0. The summed E-state index contributed by atoms with van der Waals surface area (Å²) in [7, 11) is -3.78. The largest absolute Gasteiger partial charge is 0.457 e. The zero-order valence-electron chi connectivity index (χ0n) is 19.7. The van der Waals surface area contributed by atoms with E-state index in [1.165, 1.54) is 28.8 Å². The SMILES string of the molecule is CCn1c(=O)[nH]/c(=N\c2ccc(Oc3ccc(S(N)(=O)=O)cc3)cc2)n(Cc2ccc(C)cc2)c1=O. The van der Waals surface area contributed by atoms with Crippen molar-refractivity contribution in [3.8, 4) is 11.5 Å². The number of ether oxygens (including phenoxy) is 1. The van der Waals surface area contributed by atoms with Crippen LogP contribution in [0.2, 0.25) is 0 Å². The lowest BCUT2D eigenvalue weighted by Gasteiger charge is -2.10. The summed E-state index contributed by atoms with van der Waals surface area (Å²) in [5.74, 6) is 0.912. The summed E-state index contributed by atoms with van der Waals surface area (Å²) in [5.41, 5.74) is 1.62. The number of hydrogen-bond donors (Lipinski definition) is 2. The van der Waals surface area contributed by atoms with E-state index in [1.54, 1.807) is 31.2 Å². The highest BCUT2D eigenvalue weighted by Crippen LogP contribution is 2.24. The highest BCUT2D eigenvalue weighted by Gasteiger charge is 2.10. The second-order valence-electron chi connectivity index (χ2n) is 8.08. The molecule has 1 aromatic heterocycles. The first-order chi connectivity index (χ1) is 17.1. The summed E-state index contributed by atoms with van der Waals surface area (Å²) in [6.45, 7) is 4.18. The molecule has 11 heteroatoms. The van der Waals surface area contributed by atoms with Crippen LogP contribution in [-0.2, 0) is 23.1 Å². The summed E-state index contributed by atoms with van der Waals surface area (Å²) in [5, 5.41) is 5.11. The second-order valence-corrected chi connectivity index (χ2v) is 9.64. The summed E-state index contributed by atoms with van der Waals surface area (Å²) in [4.78, 5) is 32.7. The number of aromatic amines is 1. The lowest BCUT2D eigenvalue weighted by molar-refractivity contribution is 0.482. The zero-order valence-corrected chi connectivity index (χ0v) is 20.5. The van der Waals surface area contributed by atoms with Crippen LogP contribution in [0.15, 0.2) is 92.3 Å². The Morgan fingerprint density at radius 2 is 1.47 bits per heavy atom. The molecule has 0 aliphatic heterocycles. The number of primary sulfonamides is 1. The van der Waals surface area contributed by atoms with Crippen molar-refractivity contribution in [2.75, 3.05) is 0 Å². The van der Waals surface area contributed by atoms with Crippen molar-refractivity contribution in [3.05, 3.63) is 111 Å². The number of H-pyrrole nitrogens is 1. The average molecular weight is 508 g/mol. The van der Waals surface area contributed by atoms with Gasteiger partial charge in [-0.3, -0.25) is 9.55 Å². The van der Waals surface area contributed by atoms with Gasteiger partial charge in [-0.05, 0) is 67.9 Å². The molecule has 0 aliphatic carbocycles. The van der Waals surface area contributed by atoms with Crippen LogP contribution in [0.4, 0.5) is 5.69 Å². The predicted molar refractivity (Wildman–Crippen MR) is 135 cm³/mol. The molecule has 0 spiro atoms. The molecular formula is C25H25N5O5S. The number of sulfonamides is 1. The van der Waals surface area contributed by atoms with Gasteiger partial charge in [0.2, 0.25) is 15.6 Å². The van der Waals surface area contributed by atoms with Crippen molar-refractivity contribution in [2.45, 2.75) is 31.8 Å². The minimum atomic E-state index is -3.78. The maximum atomic E-state index is 13.0. The van der Waals surface area contributed by atoms with Crippen molar-refractivity contribution in [1.29, 1.82) is 0 Å². The molecule has 0 amide bonds. The van der Waals surface area contributed by atoms with Gasteiger partial charge in [0, 0.05) is 6.54 Å². The fraction of sp³-hybridized carbons (Fsp3) is 0.160. The molecule has 3 aromatic carbocycles. The third-order valence-electron chi connectivity index (χ3n) is 5.42. The highest BCUT2D eigenvalue weighted by molar-refractivity contribution is 7.89. The Labute approximate surface area is 207 Å². The van der Waals surface area contributed by atoms with E-state index in [0.29, 0.717) is 17.2 Å². The van der Waals surface area contributed by atoms with Crippen LogP contribution in [0.25, 0.3) is 0 Å². The van der Waals surface area contributed by atoms with Crippen LogP contribution in [0, 0.1) is 6.92 Å². The third-order valence-corrected chi connectivity index (χ3v) is 6.35. The molecule has 0 saturated heterocycles. The fourth-order valence-corrected chi connectivity index (χ4v) is 4.00. The fourth-order valence-electron chi connectivity index (χ4n) is 3.48. The number of nitrogens with two attached hydrogens (primary N) is 1. The topological polar surface area (TPSA) is 142 Å². The molecule has 186 valence electrons. The van der Waals surface area contributed by atoms with Gasteiger partial charge in [-0.1, -0.05) is 29.8 Å². The van der Waals surface area contributed by atoms with Gasteiger partial charge in [-0.15, -0.1) is 0 Å². The molecule has 0 saturated carbocycles. The van der Waals surface area contributed by atoms with E-state index in [9.17, 15) is 18.0 Å². The minimum absolute atomic E-state index is 0.0121. The number of nitrogens with one attached hydrogen (secondary N) is 1. The Morgan fingerprint density at radius 3 is 2.03 bits per heavy atom. The summed E-state index contributed by atoms with van der Waals surface area (Å²) < 4.78 is 31.1. The molecule has 4 rings (SSSR count). The van der Waals surface area contributed by atoms with Gasteiger partial charge < -0.3 is 4.74 Å². The molecule has 0 unspecified atom stereocenters. The maximum Gasteiger partial charge on any atom is 0.335 e. The monoisotopic (exact) mass is 507 g/mol. The Bertz CT molecular complexity index is 1670. The number of rotatable bonds is 7. The van der Waals surface area contributed by atoms with E-state index in [1.807, 2.05) is 31.2 Å². The van der Waals surface area contributed by atoms with Crippen molar-refractivity contribution < 1.29 is 13.2 Å². The van der Waals surface area contributed by atoms with Gasteiger partial charge in [-0.2, -0.15) is 0 Å². The van der Waals surface area contributed by atoms with E-state index in [0.717, 1.165) is 15.7 Å². The number of benzene rings is 3. The highest BCUT2D eigenvalue weighted by atomic mass is 32.2. The van der Waals surface area contributed by atoms with Crippen molar-refractivity contribution in [3.63, 3.8) is 0 Å². The first-order valence-corrected chi connectivity index (χ1v) is 12.6. The molecule has 10 nitrogen and oxygen atoms in total. The third kappa shape index (κ3) is 5.70.